The van der Waals surface area contributed by atoms with Crippen molar-refractivity contribution in [3.63, 3.8) is 0 Å². The van der Waals surface area contributed by atoms with Gasteiger partial charge in [-0.05, 0) is 54.3 Å². The summed E-state index contributed by atoms with van der Waals surface area (Å²) < 4.78 is 16.1. The Morgan fingerprint density at radius 1 is 1.14 bits per heavy atom. The van der Waals surface area contributed by atoms with Gasteiger partial charge in [0, 0.05) is 17.6 Å². The number of para-hydroxylation sites is 1. The van der Waals surface area contributed by atoms with Crippen molar-refractivity contribution < 1.29 is 9.18 Å². The summed E-state index contributed by atoms with van der Waals surface area (Å²) >= 11 is 0. The van der Waals surface area contributed by atoms with E-state index in [2.05, 4.69) is 35.9 Å². The van der Waals surface area contributed by atoms with E-state index in [9.17, 15) is 9.18 Å². The smallest absolute Gasteiger partial charge is 0.318 e. The molecule has 1 N–H and O–H groups in total. The number of anilines is 1. The number of fused-ring (bicyclic) bond motifs is 3. The Morgan fingerprint density at radius 2 is 1.93 bits per heavy atom. The molecule has 2 amide bonds. The van der Waals surface area contributed by atoms with Gasteiger partial charge in [-0.15, -0.1) is 0 Å². The first-order valence-corrected chi connectivity index (χ1v) is 9.55. The minimum Gasteiger partial charge on any atom is -0.318 e. The molecule has 2 aromatic carbocycles. The molecule has 5 heteroatoms. The zero-order valence-corrected chi connectivity index (χ0v) is 16.3. The summed E-state index contributed by atoms with van der Waals surface area (Å²) in [5.41, 5.74) is 4.26. The van der Waals surface area contributed by atoms with Crippen LogP contribution in [0.5, 0.6) is 0 Å². The number of benzene rings is 2. The van der Waals surface area contributed by atoms with Gasteiger partial charge in [-0.2, -0.15) is 0 Å². The number of hydrogen-bond donors (Lipinski definition) is 1. The number of urea groups is 1. The lowest BCUT2D eigenvalue weighted by Crippen LogP contribution is -2.39. The molecule has 28 heavy (non-hydrogen) atoms. The average Bonchev–Trinajstić information content (AvgIpc) is 3.08. The molecule has 144 valence electrons. The highest BCUT2D eigenvalue weighted by Crippen LogP contribution is 2.36. The topological polar surface area (TPSA) is 37.3 Å². The van der Waals surface area contributed by atoms with Crippen LogP contribution in [0.4, 0.5) is 14.9 Å². The normalized spacial score (nSPS) is 15.8. The van der Waals surface area contributed by atoms with Crippen LogP contribution in [0.15, 0.2) is 60.8 Å². The number of aryl methyl sites for hydroxylation is 1. The lowest BCUT2D eigenvalue weighted by atomic mass is 9.99. The molecule has 0 aliphatic carbocycles. The number of nitrogens with zero attached hydrogens (tertiary/aromatic N) is 2. The average molecular weight is 377 g/mol. The molecular formula is C23H24FN3O. The molecule has 0 bridgehead atoms. The Hall–Kier alpha value is -3.08. The maximum absolute atomic E-state index is 13.9. The van der Waals surface area contributed by atoms with Gasteiger partial charge in [0.2, 0.25) is 0 Å². The maximum atomic E-state index is 13.9. The van der Waals surface area contributed by atoms with Gasteiger partial charge in [-0.3, -0.25) is 0 Å². The zero-order valence-electron chi connectivity index (χ0n) is 16.3. The van der Waals surface area contributed by atoms with Gasteiger partial charge >= 0.3 is 6.03 Å². The van der Waals surface area contributed by atoms with Gasteiger partial charge < -0.3 is 14.8 Å². The molecule has 4 rings (SSSR count). The van der Waals surface area contributed by atoms with E-state index in [1.807, 2.05) is 35.4 Å². The van der Waals surface area contributed by atoms with Crippen LogP contribution in [0.3, 0.4) is 0 Å². The van der Waals surface area contributed by atoms with Crippen molar-refractivity contribution in [2.45, 2.75) is 33.4 Å². The third-order valence-electron chi connectivity index (χ3n) is 5.33. The van der Waals surface area contributed by atoms with E-state index in [-0.39, 0.29) is 23.8 Å². The van der Waals surface area contributed by atoms with Crippen molar-refractivity contribution in [3.8, 4) is 5.69 Å². The Balaban J connectivity index is 1.74. The first kappa shape index (κ1) is 18.3. The molecule has 0 radical (unpaired) electrons. The summed E-state index contributed by atoms with van der Waals surface area (Å²) in [6.45, 7) is 6.42. The highest BCUT2D eigenvalue weighted by molar-refractivity contribution is 5.89. The fourth-order valence-corrected chi connectivity index (χ4v) is 3.94. The SMILES string of the molecule is Cc1ccc(NC(=O)N2Cc3ccccc3-n3cccc3[C@@H]2C(C)C)cc1F. The number of halogens is 1. The van der Waals surface area contributed by atoms with Crippen LogP contribution in [0.1, 0.15) is 36.7 Å². The van der Waals surface area contributed by atoms with E-state index in [0.717, 1.165) is 16.9 Å². The van der Waals surface area contributed by atoms with Gasteiger partial charge in [-0.1, -0.05) is 38.1 Å². The summed E-state index contributed by atoms with van der Waals surface area (Å²) in [4.78, 5) is 15.1. The van der Waals surface area contributed by atoms with E-state index < -0.39 is 0 Å². The van der Waals surface area contributed by atoms with Crippen LogP contribution in [0.2, 0.25) is 0 Å². The van der Waals surface area contributed by atoms with Crippen molar-refractivity contribution in [2.24, 2.45) is 5.92 Å². The van der Waals surface area contributed by atoms with Crippen LogP contribution in [0.25, 0.3) is 5.69 Å². The molecule has 3 aromatic rings. The van der Waals surface area contributed by atoms with E-state index in [1.54, 1.807) is 19.1 Å². The number of hydrogen-bond acceptors (Lipinski definition) is 1. The second kappa shape index (κ2) is 7.15. The summed E-state index contributed by atoms with van der Waals surface area (Å²) in [7, 11) is 0. The van der Waals surface area contributed by atoms with E-state index in [0.29, 0.717) is 17.8 Å². The van der Waals surface area contributed by atoms with Crippen molar-refractivity contribution in [1.29, 1.82) is 0 Å². The third kappa shape index (κ3) is 3.17. The van der Waals surface area contributed by atoms with Crippen molar-refractivity contribution >= 4 is 11.7 Å². The molecule has 2 heterocycles. The highest BCUT2D eigenvalue weighted by Gasteiger charge is 2.33. The van der Waals surface area contributed by atoms with Gasteiger partial charge in [0.05, 0.1) is 18.3 Å². The molecule has 4 nitrogen and oxygen atoms in total. The zero-order chi connectivity index (χ0) is 19.8. The third-order valence-corrected chi connectivity index (χ3v) is 5.33. The first-order valence-electron chi connectivity index (χ1n) is 9.55. The Kier molecular flexibility index (Phi) is 4.67. The summed E-state index contributed by atoms with van der Waals surface area (Å²) in [5.74, 6) is -0.114. The minimum absolute atomic E-state index is 0.0994. The number of rotatable bonds is 2. The molecule has 0 fully saturated rings. The Labute approximate surface area is 164 Å². The summed E-state index contributed by atoms with van der Waals surface area (Å²) in [5, 5.41) is 2.88. The van der Waals surface area contributed by atoms with Crippen molar-refractivity contribution in [3.05, 3.63) is 83.4 Å². The molecule has 0 spiro atoms. The molecule has 1 aliphatic rings. The second-order valence-corrected chi connectivity index (χ2v) is 7.64. The fourth-order valence-electron chi connectivity index (χ4n) is 3.94. The van der Waals surface area contributed by atoms with Crippen molar-refractivity contribution in [1.82, 2.24) is 9.47 Å². The van der Waals surface area contributed by atoms with Crippen LogP contribution < -0.4 is 5.32 Å². The second-order valence-electron chi connectivity index (χ2n) is 7.64. The van der Waals surface area contributed by atoms with Crippen LogP contribution in [-0.2, 0) is 6.54 Å². The largest absolute Gasteiger partial charge is 0.322 e. The number of aromatic nitrogens is 1. The number of carbonyl (C=O) groups is 1. The van der Waals surface area contributed by atoms with Crippen LogP contribution >= 0.6 is 0 Å². The molecule has 0 saturated heterocycles. The van der Waals surface area contributed by atoms with Gasteiger partial charge in [0.25, 0.3) is 0 Å². The van der Waals surface area contributed by atoms with Crippen LogP contribution in [0, 0.1) is 18.7 Å². The number of carbonyl (C=O) groups excluding carboxylic acids is 1. The Morgan fingerprint density at radius 3 is 2.68 bits per heavy atom. The lowest BCUT2D eigenvalue weighted by molar-refractivity contribution is 0.162. The van der Waals surface area contributed by atoms with Crippen LogP contribution in [-0.4, -0.2) is 15.5 Å². The van der Waals surface area contributed by atoms with E-state index in [1.165, 1.54) is 6.07 Å². The van der Waals surface area contributed by atoms with Gasteiger partial charge in [0.15, 0.2) is 0 Å². The van der Waals surface area contributed by atoms with E-state index in [4.69, 9.17) is 0 Å². The monoisotopic (exact) mass is 377 g/mol. The predicted octanol–water partition coefficient (Wildman–Crippen LogP) is 5.67. The highest BCUT2D eigenvalue weighted by atomic mass is 19.1. The van der Waals surface area contributed by atoms with Gasteiger partial charge in [0.1, 0.15) is 5.82 Å². The minimum atomic E-state index is -0.326. The molecule has 0 saturated carbocycles. The molecule has 1 aliphatic heterocycles. The quantitative estimate of drug-likeness (QED) is 0.614. The molecular weight excluding hydrogens is 353 g/mol. The number of nitrogens with one attached hydrogen (secondary N) is 1. The molecule has 1 atom stereocenters. The maximum Gasteiger partial charge on any atom is 0.322 e. The van der Waals surface area contributed by atoms with Crippen molar-refractivity contribution in [2.75, 3.05) is 5.32 Å². The number of amides is 2. The van der Waals surface area contributed by atoms with E-state index >= 15 is 0 Å². The standard InChI is InChI=1S/C23H24FN3O/c1-15(2)22-21-9-6-12-26(21)20-8-5-4-7-17(20)14-27(22)23(28)25-18-11-10-16(3)19(24)13-18/h4-13,15,22H,14H2,1-3H3,(H,25,28)/t22-/m0/s1. The lowest BCUT2D eigenvalue weighted by Gasteiger charge is -2.33. The fraction of sp³-hybridized carbons (Fsp3) is 0.261. The summed E-state index contributed by atoms with van der Waals surface area (Å²) in [6, 6.07) is 16.7. The summed E-state index contributed by atoms with van der Waals surface area (Å²) in [6.07, 6.45) is 2.04. The Bertz CT molecular complexity index is 1020. The first-order chi connectivity index (χ1) is 13.5. The molecule has 0 unspecified atom stereocenters. The van der Waals surface area contributed by atoms with Gasteiger partial charge in [-0.25, -0.2) is 9.18 Å². The predicted molar refractivity (Wildman–Crippen MR) is 109 cm³/mol. The molecule has 1 aromatic heterocycles.